The molecule has 5 nitrogen and oxygen atoms in total. The molecule has 0 saturated carbocycles. The Bertz CT molecular complexity index is 803. The van der Waals surface area contributed by atoms with E-state index in [0.29, 0.717) is 34.6 Å². The van der Waals surface area contributed by atoms with Gasteiger partial charge in [-0.1, -0.05) is 18.2 Å². The third-order valence-electron chi connectivity index (χ3n) is 3.55. The van der Waals surface area contributed by atoms with Crippen molar-refractivity contribution in [3.05, 3.63) is 52.0 Å². The van der Waals surface area contributed by atoms with Crippen LogP contribution in [0, 0.1) is 11.3 Å². The zero-order chi connectivity index (χ0) is 17.1. The van der Waals surface area contributed by atoms with Gasteiger partial charge in [0.25, 0.3) is 0 Å². The monoisotopic (exact) mass is 387 g/mol. The summed E-state index contributed by atoms with van der Waals surface area (Å²) >= 11 is 3.33. The first-order valence-electron chi connectivity index (χ1n) is 7.45. The van der Waals surface area contributed by atoms with E-state index in [2.05, 4.69) is 15.9 Å². The number of nitrogens with zero attached hydrogens (tertiary/aromatic N) is 1. The van der Waals surface area contributed by atoms with Crippen molar-refractivity contribution >= 4 is 21.9 Å². The fourth-order valence-corrected chi connectivity index (χ4v) is 3.00. The van der Waals surface area contributed by atoms with Crippen LogP contribution in [0.25, 0.3) is 0 Å². The lowest BCUT2D eigenvalue weighted by molar-refractivity contribution is -0.141. The van der Waals surface area contributed by atoms with Crippen molar-refractivity contribution in [2.45, 2.75) is 19.4 Å². The van der Waals surface area contributed by atoms with Gasteiger partial charge in [0.05, 0.1) is 22.7 Å². The zero-order valence-electron chi connectivity index (χ0n) is 12.9. The standard InChI is InChI=1S/C18H14BrNO4/c1-2-22-15-8-11(10-20)7-13(19)17(15)24-18(21)16-9-12-5-3-4-6-14(12)23-16/h3-8,16H,2,9H2,1H3. The molecule has 0 N–H and O–H groups in total. The molecule has 1 atom stereocenters. The Morgan fingerprint density at radius 1 is 1.42 bits per heavy atom. The molecule has 0 aliphatic carbocycles. The third-order valence-corrected chi connectivity index (χ3v) is 4.14. The second-order valence-corrected chi connectivity index (χ2v) is 6.02. The van der Waals surface area contributed by atoms with Gasteiger partial charge < -0.3 is 14.2 Å². The Kier molecular flexibility index (Phi) is 4.72. The van der Waals surface area contributed by atoms with Gasteiger partial charge in [0.1, 0.15) is 5.75 Å². The number of esters is 1. The summed E-state index contributed by atoms with van der Waals surface area (Å²) < 4.78 is 17.1. The average Bonchev–Trinajstić information content (AvgIpc) is 3.02. The van der Waals surface area contributed by atoms with E-state index in [4.69, 9.17) is 19.5 Å². The molecule has 1 aliphatic rings. The van der Waals surface area contributed by atoms with Gasteiger partial charge in [-0.2, -0.15) is 5.26 Å². The van der Waals surface area contributed by atoms with Gasteiger partial charge in [-0.3, -0.25) is 0 Å². The number of para-hydroxylation sites is 1. The SMILES string of the molecule is CCOc1cc(C#N)cc(Br)c1OC(=O)C1Cc2ccccc2O1. The number of ether oxygens (including phenoxy) is 3. The summed E-state index contributed by atoms with van der Waals surface area (Å²) in [4.78, 5) is 12.5. The van der Waals surface area contributed by atoms with E-state index < -0.39 is 12.1 Å². The smallest absolute Gasteiger partial charge is 0.353 e. The minimum atomic E-state index is -0.695. The van der Waals surface area contributed by atoms with Crippen LogP contribution < -0.4 is 14.2 Å². The van der Waals surface area contributed by atoms with Crippen molar-refractivity contribution in [3.8, 4) is 23.3 Å². The number of nitriles is 1. The van der Waals surface area contributed by atoms with Crippen LogP contribution in [0.3, 0.4) is 0 Å². The summed E-state index contributed by atoms with van der Waals surface area (Å²) in [6.07, 6.45) is -0.230. The normalized spacial score (nSPS) is 15.1. The van der Waals surface area contributed by atoms with Crippen molar-refractivity contribution in [1.29, 1.82) is 5.26 Å². The van der Waals surface area contributed by atoms with E-state index in [1.807, 2.05) is 37.3 Å². The highest BCUT2D eigenvalue weighted by Crippen LogP contribution is 2.38. The number of benzene rings is 2. The molecule has 1 heterocycles. The molecule has 2 aromatic carbocycles. The van der Waals surface area contributed by atoms with Crippen LogP contribution in [-0.2, 0) is 11.2 Å². The maximum absolute atomic E-state index is 12.5. The van der Waals surface area contributed by atoms with Crippen molar-refractivity contribution in [2.24, 2.45) is 0 Å². The largest absolute Gasteiger partial charge is 0.490 e. The van der Waals surface area contributed by atoms with Crippen LogP contribution >= 0.6 is 15.9 Å². The first kappa shape index (κ1) is 16.3. The molecule has 0 saturated heterocycles. The van der Waals surface area contributed by atoms with E-state index >= 15 is 0 Å². The van der Waals surface area contributed by atoms with Gasteiger partial charge >= 0.3 is 5.97 Å². The van der Waals surface area contributed by atoms with Crippen LogP contribution in [0.2, 0.25) is 0 Å². The van der Waals surface area contributed by atoms with E-state index in [1.54, 1.807) is 12.1 Å². The Morgan fingerprint density at radius 3 is 2.92 bits per heavy atom. The summed E-state index contributed by atoms with van der Waals surface area (Å²) in [6.45, 7) is 2.20. The molecule has 0 fully saturated rings. The van der Waals surface area contributed by atoms with Crippen LogP contribution in [-0.4, -0.2) is 18.7 Å². The number of carbonyl (C=O) groups is 1. The predicted molar refractivity (Wildman–Crippen MR) is 90.2 cm³/mol. The fraction of sp³-hybridized carbons (Fsp3) is 0.222. The minimum Gasteiger partial charge on any atom is -0.490 e. The van der Waals surface area contributed by atoms with E-state index in [-0.39, 0.29) is 5.75 Å². The molecule has 24 heavy (non-hydrogen) atoms. The maximum Gasteiger partial charge on any atom is 0.353 e. The number of hydrogen-bond donors (Lipinski definition) is 0. The van der Waals surface area contributed by atoms with Crippen molar-refractivity contribution in [3.63, 3.8) is 0 Å². The number of fused-ring (bicyclic) bond motifs is 1. The number of rotatable bonds is 4. The Balaban J connectivity index is 1.81. The quantitative estimate of drug-likeness (QED) is 0.591. The molecule has 3 rings (SSSR count). The van der Waals surface area contributed by atoms with Crippen LogP contribution in [0.4, 0.5) is 0 Å². The van der Waals surface area contributed by atoms with E-state index in [0.717, 1.165) is 5.56 Å². The lowest BCUT2D eigenvalue weighted by Crippen LogP contribution is -2.30. The number of carbonyl (C=O) groups excluding carboxylic acids is 1. The minimum absolute atomic E-state index is 0.250. The maximum atomic E-state index is 12.5. The van der Waals surface area contributed by atoms with Gasteiger partial charge in [-0.15, -0.1) is 0 Å². The van der Waals surface area contributed by atoms with Gasteiger partial charge in [0.2, 0.25) is 0 Å². The molecule has 0 amide bonds. The second-order valence-electron chi connectivity index (χ2n) is 5.17. The predicted octanol–water partition coefficient (Wildman–Crippen LogP) is 3.63. The molecule has 122 valence electrons. The van der Waals surface area contributed by atoms with Gasteiger partial charge in [0.15, 0.2) is 17.6 Å². The molecule has 0 aromatic heterocycles. The lowest BCUT2D eigenvalue weighted by atomic mass is 10.1. The summed E-state index contributed by atoms with van der Waals surface area (Å²) in [5.41, 5.74) is 1.39. The van der Waals surface area contributed by atoms with Crippen LogP contribution in [0.5, 0.6) is 17.2 Å². The third kappa shape index (κ3) is 3.22. The molecular weight excluding hydrogens is 374 g/mol. The summed E-state index contributed by atoms with van der Waals surface area (Å²) in [7, 11) is 0. The van der Waals surface area contributed by atoms with Crippen LogP contribution in [0.15, 0.2) is 40.9 Å². The fourth-order valence-electron chi connectivity index (χ4n) is 2.47. The molecule has 0 spiro atoms. The number of halogens is 1. The van der Waals surface area contributed by atoms with Crippen LogP contribution in [0.1, 0.15) is 18.1 Å². The highest BCUT2D eigenvalue weighted by Gasteiger charge is 2.31. The number of hydrogen-bond acceptors (Lipinski definition) is 5. The average molecular weight is 388 g/mol. The second kappa shape index (κ2) is 6.93. The zero-order valence-corrected chi connectivity index (χ0v) is 14.5. The Hall–Kier alpha value is -2.52. The molecular formula is C18H14BrNO4. The van der Waals surface area contributed by atoms with E-state index in [9.17, 15) is 4.79 Å². The molecule has 6 heteroatoms. The molecule has 0 bridgehead atoms. The first-order chi connectivity index (χ1) is 11.6. The summed E-state index contributed by atoms with van der Waals surface area (Å²) in [6, 6.07) is 12.7. The summed E-state index contributed by atoms with van der Waals surface area (Å²) in [5, 5.41) is 9.05. The van der Waals surface area contributed by atoms with Crippen molar-refractivity contribution < 1.29 is 19.0 Å². The van der Waals surface area contributed by atoms with Gasteiger partial charge in [-0.05, 0) is 40.5 Å². The molecule has 1 unspecified atom stereocenters. The van der Waals surface area contributed by atoms with Crippen molar-refractivity contribution in [1.82, 2.24) is 0 Å². The molecule has 2 aromatic rings. The molecule has 0 radical (unpaired) electrons. The summed E-state index contributed by atoms with van der Waals surface area (Å²) in [5.74, 6) is 0.786. The highest BCUT2D eigenvalue weighted by molar-refractivity contribution is 9.10. The topological polar surface area (TPSA) is 68.5 Å². The van der Waals surface area contributed by atoms with Gasteiger partial charge in [-0.25, -0.2) is 4.79 Å². The molecule has 1 aliphatic heterocycles. The lowest BCUT2D eigenvalue weighted by Gasteiger charge is -2.15. The van der Waals surface area contributed by atoms with Gasteiger partial charge in [0, 0.05) is 12.5 Å². The Labute approximate surface area is 147 Å². The van der Waals surface area contributed by atoms with E-state index in [1.165, 1.54) is 0 Å². The highest BCUT2D eigenvalue weighted by atomic mass is 79.9. The first-order valence-corrected chi connectivity index (χ1v) is 8.24. The Morgan fingerprint density at radius 2 is 2.21 bits per heavy atom. The van der Waals surface area contributed by atoms with Crippen molar-refractivity contribution in [2.75, 3.05) is 6.61 Å².